The highest BCUT2D eigenvalue weighted by Crippen LogP contribution is 2.38. The second-order valence-electron chi connectivity index (χ2n) is 11.8. The number of nitrogens with zero attached hydrogens (tertiary/aromatic N) is 8. The van der Waals surface area contributed by atoms with Crippen molar-refractivity contribution in [1.29, 1.82) is 0 Å². The van der Waals surface area contributed by atoms with Gasteiger partial charge in [-0.3, -0.25) is 9.97 Å². The average molecular weight is 871 g/mol. The van der Waals surface area contributed by atoms with E-state index in [4.69, 9.17) is 26.8 Å². The Morgan fingerprint density at radius 3 is 1.61 bits per heavy atom. The van der Waals surface area contributed by atoms with E-state index in [1.807, 2.05) is 0 Å². The van der Waals surface area contributed by atoms with E-state index in [-0.39, 0.29) is 11.5 Å². The molecule has 0 bridgehead atoms. The number of benzene rings is 2. The number of hydrogen-bond acceptors (Lipinski definition) is 14. The van der Waals surface area contributed by atoms with Crippen molar-refractivity contribution in [3.05, 3.63) is 137 Å². The second kappa shape index (κ2) is 19.6. The zero-order valence-electron chi connectivity index (χ0n) is 30.2. The summed E-state index contributed by atoms with van der Waals surface area (Å²) < 4.78 is 88.2. The van der Waals surface area contributed by atoms with Gasteiger partial charge in [-0.15, -0.1) is 22.7 Å². The van der Waals surface area contributed by atoms with Crippen molar-refractivity contribution in [1.82, 2.24) is 39.9 Å². The second-order valence-corrected chi connectivity index (χ2v) is 13.9. The van der Waals surface area contributed by atoms with Crippen LogP contribution in [-0.4, -0.2) is 53.0 Å². The van der Waals surface area contributed by atoms with Gasteiger partial charge in [0, 0.05) is 18.9 Å². The summed E-state index contributed by atoms with van der Waals surface area (Å²) in [5.74, 6) is 0.661. The summed E-state index contributed by atoms with van der Waals surface area (Å²) in [4.78, 5) is 33.3. The Morgan fingerprint density at radius 2 is 1.10 bits per heavy atom. The van der Waals surface area contributed by atoms with Gasteiger partial charge in [-0.05, 0) is 66.9 Å². The van der Waals surface area contributed by atoms with Crippen LogP contribution in [0.4, 0.5) is 32.2 Å². The first-order valence-electron chi connectivity index (χ1n) is 17.1. The monoisotopic (exact) mass is 870 g/mol. The third kappa shape index (κ3) is 11.7. The molecular formula is C38H29ClF6N10O2S2. The normalized spacial score (nSPS) is 11.3. The minimum atomic E-state index is -4.51. The van der Waals surface area contributed by atoms with Crippen LogP contribution in [0.3, 0.4) is 0 Å². The fourth-order valence-corrected chi connectivity index (χ4v) is 6.57. The summed E-state index contributed by atoms with van der Waals surface area (Å²) in [6.07, 6.45) is -0.379. The zero-order chi connectivity index (χ0) is 41.8. The fourth-order valence-electron chi connectivity index (χ4n) is 5.07. The molecule has 0 aliphatic heterocycles. The summed E-state index contributed by atoms with van der Waals surface area (Å²) in [6.45, 7) is 1.13. The summed E-state index contributed by atoms with van der Waals surface area (Å²) >= 11 is 8.59. The lowest BCUT2D eigenvalue weighted by Crippen LogP contribution is -2.07. The molecule has 12 nitrogen and oxygen atoms in total. The van der Waals surface area contributed by atoms with Gasteiger partial charge < -0.3 is 20.5 Å². The number of nitrogens with one attached hydrogen (secondary N) is 1. The van der Waals surface area contributed by atoms with Gasteiger partial charge >= 0.3 is 12.4 Å². The van der Waals surface area contributed by atoms with E-state index in [9.17, 15) is 26.3 Å². The highest BCUT2D eigenvalue weighted by atomic mass is 35.5. The van der Waals surface area contributed by atoms with Crippen LogP contribution >= 0.6 is 34.3 Å². The van der Waals surface area contributed by atoms with Crippen molar-refractivity contribution in [2.24, 2.45) is 5.73 Å². The van der Waals surface area contributed by atoms with Crippen LogP contribution in [0.5, 0.6) is 23.0 Å². The lowest BCUT2D eigenvalue weighted by Gasteiger charge is -2.13. The van der Waals surface area contributed by atoms with Crippen molar-refractivity contribution in [3.63, 3.8) is 0 Å². The molecule has 0 radical (unpaired) electrons. The third-order valence-corrected chi connectivity index (χ3v) is 9.59. The zero-order valence-corrected chi connectivity index (χ0v) is 32.5. The minimum Gasteiger partial charge on any atom is -0.455 e. The largest absolute Gasteiger partial charge is 0.455 e. The van der Waals surface area contributed by atoms with E-state index in [2.05, 4.69) is 45.2 Å². The van der Waals surface area contributed by atoms with Gasteiger partial charge in [0.2, 0.25) is 0 Å². The van der Waals surface area contributed by atoms with Crippen molar-refractivity contribution in [3.8, 4) is 23.0 Å². The molecule has 0 aliphatic carbocycles. The molecule has 6 aromatic heterocycles. The number of nitrogens with two attached hydrogens (primary N) is 1. The Bertz CT molecular complexity index is 2580. The molecule has 0 saturated heterocycles. The van der Waals surface area contributed by atoms with Crippen LogP contribution in [0, 0.1) is 0 Å². The summed E-state index contributed by atoms with van der Waals surface area (Å²) in [7, 11) is 0. The molecule has 0 spiro atoms. The van der Waals surface area contributed by atoms with Gasteiger partial charge in [0.1, 0.15) is 56.0 Å². The molecule has 0 amide bonds. The van der Waals surface area contributed by atoms with E-state index < -0.39 is 23.5 Å². The number of halogens is 7. The number of fused-ring (bicyclic) bond motifs is 2. The van der Waals surface area contributed by atoms with E-state index in [0.29, 0.717) is 53.9 Å². The first-order valence-corrected chi connectivity index (χ1v) is 19.3. The summed E-state index contributed by atoms with van der Waals surface area (Å²) in [5.41, 5.74) is 10.6. The lowest BCUT2D eigenvalue weighted by atomic mass is 10.1. The first kappa shape index (κ1) is 42.5. The number of hydrogen-bond donors (Lipinski definition) is 2. The molecule has 8 aromatic rings. The Labute approximate surface area is 344 Å². The standard InChI is InChI=1S/C19H14F3N5OS.C14H13F3N2O.C5H2ClN3S/c20-19(21,22)14-6-7-23-9-15(14)28-13-3-1-12(2-4-13)5-8-24-17-16-18(26-10-25-17)29-11-27-16;15-14(16,17)12-6-8-19-9-13(12)20-11-3-1-10(2-4-11)5-7-18;6-4-3-5(8-1-7-4)10-2-9-3/h1-4,6-7,9-11H,5,8H2,(H,24,25,26);1-4,6,8-9H,5,7,18H2;1-2H. The van der Waals surface area contributed by atoms with Gasteiger partial charge in [0.15, 0.2) is 22.5 Å². The molecule has 21 heteroatoms. The molecule has 8 rings (SSSR count). The van der Waals surface area contributed by atoms with Gasteiger partial charge in [0.25, 0.3) is 0 Å². The molecule has 0 fully saturated rings. The molecule has 0 atom stereocenters. The number of alkyl halides is 6. The lowest BCUT2D eigenvalue weighted by molar-refractivity contribution is -0.139. The van der Waals surface area contributed by atoms with E-state index in [1.54, 1.807) is 59.6 Å². The van der Waals surface area contributed by atoms with Crippen LogP contribution in [0.2, 0.25) is 5.15 Å². The van der Waals surface area contributed by atoms with Crippen LogP contribution < -0.4 is 20.5 Å². The number of ether oxygens (including phenoxy) is 2. The van der Waals surface area contributed by atoms with Crippen molar-refractivity contribution in [2.45, 2.75) is 25.2 Å². The molecule has 0 saturated carbocycles. The Kier molecular flexibility index (Phi) is 14.1. The van der Waals surface area contributed by atoms with Gasteiger partial charge in [-0.25, -0.2) is 29.9 Å². The third-order valence-electron chi connectivity index (χ3n) is 7.85. The maximum atomic E-state index is 13.0. The van der Waals surface area contributed by atoms with Crippen LogP contribution in [-0.2, 0) is 25.2 Å². The Morgan fingerprint density at radius 1 is 0.610 bits per heavy atom. The number of anilines is 1. The maximum absolute atomic E-state index is 13.0. The number of aromatic nitrogens is 8. The summed E-state index contributed by atoms with van der Waals surface area (Å²) in [5, 5.41) is 3.65. The first-order chi connectivity index (χ1) is 28.4. The van der Waals surface area contributed by atoms with Crippen molar-refractivity contribution < 1.29 is 35.8 Å². The number of rotatable bonds is 10. The Hall–Kier alpha value is -6.09. The van der Waals surface area contributed by atoms with E-state index in [1.165, 1.54) is 35.3 Å². The predicted octanol–water partition coefficient (Wildman–Crippen LogP) is 10.1. The Balaban J connectivity index is 0.000000167. The SMILES string of the molecule is Clc1ncnc2scnc12.FC(F)(F)c1ccncc1Oc1ccc(CCNc2ncnc3scnc23)cc1.NCCc1ccc(Oc2cnccc2C(F)(F)F)cc1. The van der Waals surface area contributed by atoms with Crippen LogP contribution in [0.15, 0.2) is 109 Å². The van der Waals surface area contributed by atoms with Crippen LogP contribution in [0.25, 0.3) is 20.7 Å². The molecule has 0 unspecified atom stereocenters. The number of pyridine rings is 2. The molecule has 59 heavy (non-hydrogen) atoms. The number of thiazole rings is 2. The maximum Gasteiger partial charge on any atom is 0.420 e. The van der Waals surface area contributed by atoms with Gasteiger partial charge in [0.05, 0.1) is 23.4 Å². The molecule has 0 aliphatic rings. The minimum absolute atomic E-state index is 0.306. The molecular weight excluding hydrogens is 842 g/mol. The van der Waals surface area contributed by atoms with Crippen molar-refractivity contribution in [2.75, 3.05) is 18.4 Å². The van der Waals surface area contributed by atoms with E-state index in [0.717, 1.165) is 63.2 Å². The smallest absolute Gasteiger partial charge is 0.420 e. The van der Waals surface area contributed by atoms with E-state index >= 15 is 0 Å². The summed E-state index contributed by atoms with van der Waals surface area (Å²) in [6, 6.07) is 15.4. The van der Waals surface area contributed by atoms with Gasteiger partial charge in [-0.1, -0.05) is 35.9 Å². The highest BCUT2D eigenvalue weighted by Gasteiger charge is 2.35. The quantitative estimate of drug-likeness (QED) is 0.0991. The molecule has 2 aromatic carbocycles. The topological polar surface area (TPSA) is 160 Å². The molecule has 3 N–H and O–H groups in total. The van der Waals surface area contributed by atoms with Gasteiger partial charge in [-0.2, -0.15) is 26.3 Å². The average Bonchev–Trinajstić information content (AvgIpc) is 3.91. The van der Waals surface area contributed by atoms with Crippen LogP contribution in [0.1, 0.15) is 22.3 Å². The highest BCUT2D eigenvalue weighted by molar-refractivity contribution is 7.16. The fraction of sp³-hybridized carbons (Fsp3) is 0.158. The molecule has 6 heterocycles. The predicted molar refractivity (Wildman–Crippen MR) is 212 cm³/mol. The van der Waals surface area contributed by atoms with Crippen molar-refractivity contribution >= 4 is 60.8 Å². The molecule has 304 valence electrons.